The normalized spacial score (nSPS) is 10.9. The second kappa shape index (κ2) is 3.96. The lowest BCUT2D eigenvalue weighted by Gasteiger charge is -2.04. The van der Waals surface area contributed by atoms with E-state index >= 15 is 0 Å². The van der Waals surface area contributed by atoms with Crippen molar-refractivity contribution >= 4 is 21.6 Å². The minimum atomic E-state index is 0.851. The molecule has 0 amide bonds. The van der Waals surface area contributed by atoms with Crippen LogP contribution in [0.2, 0.25) is 0 Å². The molecule has 2 aromatic heterocycles. The summed E-state index contributed by atoms with van der Waals surface area (Å²) in [4.78, 5) is 4.62. The molecule has 17 heavy (non-hydrogen) atoms. The van der Waals surface area contributed by atoms with E-state index in [0.717, 1.165) is 27.1 Å². The fourth-order valence-electron chi connectivity index (χ4n) is 1.84. The lowest BCUT2D eigenvalue weighted by atomic mass is 10.1. The summed E-state index contributed by atoms with van der Waals surface area (Å²) in [6.07, 6.45) is 1.77. The van der Waals surface area contributed by atoms with Crippen molar-refractivity contribution in [2.24, 2.45) is 0 Å². The smallest absolute Gasteiger partial charge is 0.170 e. The van der Waals surface area contributed by atoms with Crippen LogP contribution in [0, 0.1) is 6.92 Å². The molecule has 0 bridgehead atoms. The van der Waals surface area contributed by atoms with E-state index < -0.39 is 0 Å². The molecule has 0 aliphatic heterocycles. The molecule has 0 unspecified atom stereocenters. The first-order valence-electron chi connectivity index (χ1n) is 5.32. The Morgan fingerprint density at radius 3 is 2.71 bits per heavy atom. The number of hydrogen-bond acceptors (Lipinski definition) is 2. The zero-order valence-electron chi connectivity index (χ0n) is 9.26. The molecule has 3 rings (SSSR count). The first-order chi connectivity index (χ1) is 8.25. The van der Waals surface area contributed by atoms with Crippen LogP contribution in [-0.4, -0.2) is 14.6 Å². The van der Waals surface area contributed by atoms with E-state index in [9.17, 15) is 0 Å². The quantitative estimate of drug-likeness (QED) is 0.686. The van der Waals surface area contributed by atoms with Gasteiger partial charge in [-0.25, -0.2) is 9.50 Å². The minimum Gasteiger partial charge on any atom is -0.227 e. The van der Waals surface area contributed by atoms with Crippen LogP contribution in [0.4, 0.5) is 0 Å². The van der Waals surface area contributed by atoms with Crippen LogP contribution in [0.25, 0.3) is 16.9 Å². The van der Waals surface area contributed by atoms with Gasteiger partial charge in [-0.2, -0.15) is 5.10 Å². The van der Waals surface area contributed by atoms with Crippen molar-refractivity contribution in [2.75, 3.05) is 0 Å². The molecular formula is C13H10BrN3. The zero-order valence-corrected chi connectivity index (χ0v) is 10.8. The summed E-state index contributed by atoms with van der Waals surface area (Å²) >= 11 is 3.46. The molecule has 3 aromatic rings. The van der Waals surface area contributed by atoms with Gasteiger partial charge in [0.1, 0.15) is 0 Å². The standard InChI is InChI=1S/C13H10BrN3/c1-9-7-12(10-5-3-2-4-6-10)16-13-11(14)8-15-17(9)13/h2-8H,1H3. The van der Waals surface area contributed by atoms with Crippen molar-refractivity contribution in [3.8, 4) is 11.3 Å². The van der Waals surface area contributed by atoms with Gasteiger partial charge >= 0.3 is 0 Å². The molecule has 3 nitrogen and oxygen atoms in total. The predicted molar refractivity (Wildman–Crippen MR) is 70.9 cm³/mol. The molecule has 0 aliphatic carbocycles. The van der Waals surface area contributed by atoms with Crippen molar-refractivity contribution in [1.29, 1.82) is 0 Å². The summed E-state index contributed by atoms with van der Waals surface area (Å²) in [6.45, 7) is 2.03. The SMILES string of the molecule is Cc1cc(-c2ccccc2)nc2c(Br)cnn12. The summed E-state index contributed by atoms with van der Waals surface area (Å²) in [5.74, 6) is 0. The third kappa shape index (κ3) is 1.74. The van der Waals surface area contributed by atoms with Gasteiger partial charge in [0.25, 0.3) is 0 Å². The van der Waals surface area contributed by atoms with Gasteiger partial charge in [-0.3, -0.25) is 0 Å². The first kappa shape index (κ1) is 10.5. The maximum atomic E-state index is 4.62. The fraction of sp³-hybridized carbons (Fsp3) is 0.0769. The van der Waals surface area contributed by atoms with Crippen molar-refractivity contribution < 1.29 is 0 Å². The highest BCUT2D eigenvalue weighted by molar-refractivity contribution is 9.10. The first-order valence-corrected chi connectivity index (χ1v) is 6.11. The van der Waals surface area contributed by atoms with Gasteiger partial charge in [0.2, 0.25) is 0 Å². The summed E-state index contributed by atoms with van der Waals surface area (Å²) in [7, 11) is 0. The molecule has 84 valence electrons. The Morgan fingerprint density at radius 2 is 1.94 bits per heavy atom. The Morgan fingerprint density at radius 1 is 1.18 bits per heavy atom. The van der Waals surface area contributed by atoms with Gasteiger partial charge in [0.05, 0.1) is 16.4 Å². The third-order valence-corrected chi connectivity index (χ3v) is 3.24. The number of nitrogens with zero attached hydrogens (tertiary/aromatic N) is 3. The fourth-order valence-corrected chi connectivity index (χ4v) is 2.19. The topological polar surface area (TPSA) is 30.2 Å². The number of benzene rings is 1. The number of aromatic nitrogens is 3. The lowest BCUT2D eigenvalue weighted by molar-refractivity contribution is 0.896. The van der Waals surface area contributed by atoms with Gasteiger partial charge in [-0.05, 0) is 28.9 Å². The number of aryl methyl sites for hydroxylation is 1. The summed E-state index contributed by atoms with van der Waals surface area (Å²) in [5, 5.41) is 4.26. The Kier molecular flexibility index (Phi) is 2.44. The highest BCUT2D eigenvalue weighted by Crippen LogP contribution is 2.22. The van der Waals surface area contributed by atoms with Crippen LogP contribution in [-0.2, 0) is 0 Å². The molecule has 0 spiro atoms. The minimum absolute atomic E-state index is 0.851. The van der Waals surface area contributed by atoms with Crippen LogP contribution in [0.3, 0.4) is 0 Å². The van der Waals surface area contributed by atoms with E-state index in [1.54, 1.807) is 6.20 Å². The van der Waals surface area contributed by atoms with E-state index in [1.165, 1.54) is 0 Å². The molecule has 0 radical (unpaired) electrons. The average Bonchev–Trinajstić information content (AvgIpc) is 2.73. The maximum absolute atomic E-state index is 4.62. The summed E-state index contributed by atoms with van der Waals surface area (Å²) in [5.41, 5.74) is 4.01. The van der Waals surface area contributed by atoms with Crippen molar-refractivity contribution in [3.05, 3.63) is 52.8 Å². The molecule has 0 fully saturated rings. The lowest BCUT2D eigenvalue weighted by Crippen LogP contribution is -1.97. The molecule has 0 atom stereocenters. The number of fused-ring (bicyclic) bond motifs is 1. The molecule has 1 aromatic carbocycles. The van der Waals surface area contributed by atoms with Crippen LogP contribution in [0.1, 0.15) is 5.69 Å². The molecule has 2 heterocycles. The van der Waals surface area contributed by atoms with Crippen molar-refractivity contribution in [2.45, 2.75) is 6.92 Å². The van der Waals surface area contributed by atoms with E-state index in [2.05, 4.69) is 38.1 Å². The molecule has 4 heteroatoms. The Hall–Kier alpha value is -1.68. The maximum Gasteiger partial charge on any atom is 0.170 e. The second-order valence-corrected chi connectivity index (χ2v) is 4.73. The van der Waals surface area contributed by atoms with Crippen LogP contribution in [0.15, 0.2) is 47.1 Å². The monoisotopic (exact) mass is 287 g/mol. The van der Waals surface area contributed by atoms with E-state index in [0.29, 0.717) is 0 Å². The van der Waals surface area contributed by atoms with Gasteiger partial charge in [0, 0.05) is 11.3 Å². The van der Waals surface area contributed by atoms with Gasteiger partial charge in [0.15, 0.2) is 5.65 Å². The molecule has 0 aliphatic rings. The van der Waals surface area contributed by atoms with Gasteiger partial charge in [-0.15, -0.1) is 0 Å². The summed E-state index contributed by atoms with van der Waals surface area (Å²) < 4.78 is 2.75. The average molecular weight is 288 g/mol. The van der Waals surface area contributed by atoms with Crippen LogP contribution >= 0.6 is 15.9 Å². The third-order valence-electron chi connectivity index (χ3n) is 2.68. The second-order valence-electron chi connectivity index (χ2n) is 3.88. The van der Waals surface area contributed by atoms with Crippen LogP contribution in [0.5, 0.6) is 0 Å². The van der Waals surface area contributed by atoms with Crippen molar-refractivity contribution in [3.63, 3.8) is 0 Å². The molecule has 0 saturated carbocycles. The number of halogens is 1. The van der Waals surface area contributed by atoms with Crippen LogP contribution < -0.4 is 0 Å². The molecule has 0 saturated heterocycles. The van der Waals surface area contributed by atoms with Gasteiger partial charge in [-0.1, -0.05) is 30.3 Å². The highest BCUT2D eigenvalue weighted by atomic mass is 79.9. The van der Waals surface area contributed by atoms with E-state index in [4.69, 9.17) is 0 Å². The number of rotatable bonds is 1. The zero-order chi connectivity index (χ0) is 11.8. The Bertz CT molecular complexity index is 674. The van der Waals surface area contributed by atoms with Crippen molar-refractivity contribution in [1.82, 2.24) is 14.6 Å². The summed E-state index contributed by atoms with van der Waals surface area (Å²) in [6, 6.07) is 12.2. The largest absolute Gasteiger partial charge is 0.227 e. The predicted octanol–water partition coefficient (Wildman–Crippen LogP) is 3.47. The molecular weight excluding hydrogens is 278 g/mol. The Balaban J connectivity index is 2.28. The molecule has 0 N–H and O–H groups in total. The van der Waals surface area contributed by atoms with E-state index in [-0.39, 0.29) is 0 Å². The number of hydrogen-bond donors (Lipinski definition) is 0. The van der Waals surface area contributed by atoms with E-state index in [1.807, 2.05) is 35.7 Å². The van der Waals surface area contributed by atoms with Gasteiger partial charge < -0.3 is 0 Å². The highest BCUT2D eigenvalue weighted by Gasteiger charge is 2.08. The Labute approximate surface area is 107 Å².